The lowest BCUT2D eigenvalue weighted by Crippen LogP contribution is -2.49. The van der Waals surface area contributed by atoms with Crippen LogP contribution in [-0.2, 0) is 20.7 Å². The topological polar surface area (TPSA) is 82.1 Å². The highest BCUT2D eigenvalue weighted by Gasteiger charge is 2.43. The monoisotopic (exact) mass is 671 g/mol. The highest BCUT2D eigenvalue weighted by molar-refractivity contribution is 6.75. The highest BCUT2D eigenvalue weighted by atomic mass is 35.5. The molecular weight excluding hydrogens is 622 g/mol. The third-order valence-electron chi connectivity index (χ3n) is 8.89. The minimum atomic E-state index is -2.24. The van der Waals surface area contributed by atoms with E-state index in [1.54, 1.807) is 45.0 Å². The number of carbonyl (C=O) groups excluding carboxylic acids is 3. The van der Waals surface area contributed by atoms with Gasteiger partial charge in [-0.05, 0) is 111 Å². The summed E-state index contributed by atoms with van der Waals surface area (Å²) in [5, 5.41) is 0.404. The summed E-state index contributed by atoms with van der Waals surface area (Å²) in [6, 6.07) is 10.6. The fourth-order valence-electron chi connectivity index (χ4n) is 4.18. The number of ketones is 1. The number of ether oxygens (including phenoxy) is 1. The number of rotatable bonds is 7. The van der Waals surface area contributed by atoms with Crippen LogP contribution in [0.2, 0.25) is 41.3 Å². The molecule has 0 aromatic heterocycles. The Hall–Kier alpha value is -2.89. The second-order valence-corrected chi connectivity index (χ2v) is 25.7. The number of anilines is 1. The Morgan fingerprint density at radius 2 is 1.40 bits per heavy atom. The standard InChI is InChI=1S/C35H50ClNO6Si2/c1-33(2,3)41-32(40)37-27-17-16-25(36)21-24(27)22-26(31(37)39)28(38)18-14-23-15-19-29(42-44(10,11)34(4,5)6)30(20-23)43-45(12,13)35(7,8)9/h14-21,26H,22H2,1-13H3. The fraction of sp³-hybridized carbons (Fsp3) is 0.514. The van der Waals surface area contributed by atoms with E-state index >= 15 is 0 Å². The summed E-state index contributed by atoms with van der Waals surface area (Å²) in [4.78, 5) is 41.3. The smallest absolute Gasteiger partial charge is 0.421 e. The lowest BCUT2D eigenvalue weighted by Gasteiger charge is -2.39. The molecule has 1 atom stereocenters. The van der Waals surface area contributed by atoms with Crippen molar-refractivity contribution in [2.75, 3.05) is 4.90 Å². The molecule has 0 saturated carbocycles. The number of carbonyl (C=O) groups is 3. The van der Waals surface area contributed by atoms with Gasteiger partial charge >= 0.3 is 6.09 Å². The summed E-state index contributed by atoms with van der Waals surface area (Å²) < 4.78 is 19.0. The summed E-state index contributed by atoms with van der Waals surface area (Å²) in [6.07, 6.45) is 2.36. The van der Waals surface area contributed by atoms with Crippen molar-refractivity contribution < 1.29 is 28.0 Å². The molecule has 3 rings (SSSR count). The van der Waals surface area contributed by atoms with Gasteiger partial charge in [-0.1, -0.05) is 65.3 Å². The van der Waals surface area contributed by atoms with Crippen LogP contribution in [0.4, 0.5) is 10.5 Å². The first kappa shape index (κ1) is 36.6. The van der Waals surface area contributed by atoms with Gasteiger partial charge in [0.1, 0.15) is 23.0 Å². The third-order valence-corrected chi connectivity index (χ3v) is 17.8. The minimum Gasteiger partial charge on any atom is -0.541 e. The number of benzene rings is 2. The lowest BCUT2D eigenvalue weighted by atomic mass is 9.88. The molecule has 246 valence electrons. The average Bonchev–Trinajstić information content (AvgIpc) is 2.85. The SMILES string of the molecule is CC(C)(C)OC(=O)N1C(=O)C(C(=O)C=Cc2ccc(O[Si](C)(C)C(C)(C)C)c(O[Si](C)(C)C(C)(C)C)c2)Cc2cc(Cl)ccc21. The van der Waals surface area contributed by atoms with Gasteiger partial charge in [-0.2, -0.15) is 0 Å². The van der Waals surface area contributed by atoms with E-state index in [0.29, 0.717) is 27.8 Å². The molecule has 0 radical (unpaired) electrons. The quantitative estimate of drug-likeness (QED) is 0.166. The van der Waals surface area contributed by atoms with Gasteiger partial charge in [-0.15, -0.1) is 0 Å². The molecule has 0 bridgehead atoms. The first-order chi connectivity index (χ1) is 20.3. The molecular formula is C35H50ClNO6Si2. The minimum absolute atomic E-state index is 0.00515. The summed E-state index contributed by atoms with van der Waals surface area (Å²) >= 11 is 6.25. The van der Waals surface area contributed by atoms with Gasteiger partial charge in [-0.3, -0.25) is 9.59 Å². The zero-order valence-electron chi connectivity index (χ0n) is 29.2. The maximum absolute atomic E-state index is 13.6. The van der Waals surface area contributed by atoms with Gasteiger partial charge in [0.15, 0.2) is 5.78 Å². The summed E-state index contributed by atoms with van der Waals surface area (Å²) in [5.41, 5.74) is 0.898. The Morgan fingerprint density at radius 3 is 1.93 bits per heavy atom. The average molecular weight is 672 g/mol. The number of allylic oxidation sites excluding steroid dienone is 1. The van der Waals surface area contributed by atoms with Crippen molar-refractivity contribution in [3.63, 3.8) is 0 Å². The van der Waals surface area contributed by atoms with E-state index in [4.69, 9.17) is 25.2 Å². The molecule has 0 aliphatic carbocycles. The van der Waals surface area contributed by atoms with Crippen LogP contribution < -0.4 is 13.8 Å². The Morgan fingerprint density at radius 1 is 0.844 bits per heavy atom. The van der Waals surface area contributed by atoms with Gasteiger partial charge in [0.25, 0.3) is 16.6 Å². The zero-order chi connectivity index (χ0) is 34.3. The van der Waals surface area contributed by atoms with Crippen molar-refractivity contribution in [1.82, 2.24) is 0 Å². The zero-order valence-corrected chi connectivity index (χ0v) is 31.9. The molecule has 2 aromatic rings. The van der Waals surface area contributed by atoms with Crippen molar-refractivity contribution in [2.24, 2.45) is 5.92 Å². The second kappa shape index (κ2) is 12.7. The Bertz CT molecular complexity index is 1490. The number of hydrogen-bond acceptors (Lipinski definition) is 6. The maximum Gasteiger partial charge on any atom is 0.421 e. The van der Waals surface area contributed by atoms with Crippen molar-refractivity contribution in [3.8, 4) is 11.5 Å². The summed E-state index contributed by atoms with van der Waals surface area (Å²) in [6.45, 7) is 27.1. The molecule has 1 aliphatic heterocycles. The van der Waals surface area contributed by atoms with Gasteiger partial charge in [0, 0.05) is 5.02 Å². The Balaban J connectivity index is 1.98. The number of nitrogens with zero attached hydrogens (tertiary/aromatic N) is 1. The van der Waals surface area contributed by atoms with E-state index in [0.717, 1.165) is 10.5 Å². The predicted octanol–water partition coefficient (Wildman–Crippen LogP) is 9.83. The van der Waals surface area contributed by atoms with E-state index in [-0.39, 0.29) is 16.5 Å². The Kier molecular flexibility index (Phi) is 10.3. The van der Waals surface area contributed by atoms with E-state index in [9.17, 15) is 14.4 Å². The van der Waals surface area contributed by atoms with Gasteiger partial charge in [-0.25, -0.2) is 9.69 Å². The number of hydrogen-bond donors (Lipinski definition) is 0. The number of halogens is 1. The van der Waals surface area contributed by atoms with Crippen LogP contribution in [0, 0.1) is 5.92 Å². The number of fused-ring (bicyclic) bond motifs is 1. The first-order valence-corrected chi connectivity index (χ1v) is 21.6. The van der Waals surface area contributed by atoms with Gasteiger partial charge in [0.2, 0.25) is 5.91 Å². The van der Waals surface area contributed by atoms with Crippen LogP contribution in [0.15, 0.2) is 42.5 Å². The van der Waals surface area contributed by atoms with E-state index in [2.05, 4.69) is 67.7 Å². The normalized spacial score (nSPS) is 16.4. The molecule has 10 heteroatoms. The van der Waals surface area contributed by atoms with Crippen molar-refractivity contribution in [2.45, 2.75) is 111 Å². The second-order valence-electron chi connectivity index (χ2n) is 15.9. The van der Waals surface area contributed by atoms with Crippen LogP contribution in [0.3, 0.4) is 0 Å². The predicted molar refractivity (Wildman–Crippen MR) is 188 cm³/mol. The molecule has 0 fully saturated rings. The van der Waals surface area contributed by atoms with Crippen LogP contribution in [-0.4, -0.2) is 40.0 Å². The van der Waals surface area contributed by atoms with E-state index in [1.165, 1.54) is 6.08 Å². The van der Waals surface area contributed by atoms with Crippen molar-refractivity contribution in [3.05, 3.63) is 58.6 Å². The lowest BCUT2D eigenvalue weighted by molar-refractivity contribution is -0.130. The largest absolute Gasteiger partial charge is 0.541 e. The summed E-state index contributed by atoms with van der Waals surface area (Å²) in [5.74, 6) is -0.821. The fourth-order valence-corrected chi connectivity index (χ4v) is 6.41. The maximum atomic E-state index is 13.6. The van der Waals surface area contributed by atoms with E-state index < -0.39 is 45.9 Å². The molecule has 45 heavy (non-hydrogen) atoms. The molecule has 1 heterocycles. The molecule has 1 aliphatic rings. The molecule has 7 nitrogen and oxygen atoms in total. The van der Waals surface area contributed by atoms with Crippen LogP contribution >= 0.6 is 11.6 Å². The third kappa shape index (κ3) is 8.68. The molecule has 2 aromatic carbocycles. The molecule has 0 N–H and O–H groups in total. The van der Waals surface area contributed by atoms with Gasteiger partial charge in [0.05, 0.1) is 5.69 Å². The van der Waals surface area contributed by atoms with Gasteiger partial charge < -0.3 is 13.6 Å². The van der Waals surface area contributed by atoms with Crippen LogP contribution in [0.25, 0.3) is 6.08 Å². The van der Waals surface area contributed by atoms with Crippen molar-refractivity contribution in [1.29, 1.82) is 0 Å². The molecule has 0 saturated heterocycles. The van der Waals surface area contributed by atoms with Crippen LogP contribution in [0.1, 0.15) is 73.4 Å². The number of imide groups is 1. The number of amides is 2. The van der Waals surface area contributed by atoms with E-state index in [1.807, 2.05) is 18.2 Å². The molecule has 0 spiro atoms. The molecule has 1 unspecified atom stereocenters. The molecule has 2 amide bonds. The first-order valence-electron chi connectivity index (χ1n) is 15.4. The van der Waals surface area contributed by atoms with Crippen molar-refractivity contribution >= 4 is 57.8 Å². The highest BCUT2D eigenvalue weighted by Crippen LogP contribution is 2.44. The summed E-state index contributed by atoms with van der Waals surface area (Å²) in [7, 11) is -4.41. The Labute approximate surface area is 276 Å². The van der Waals surface area contributed by atoms with Crippen LogP contribution in [0.5, 0.6) is 11.5 Å².